The first kappa shape index (κ1) is 9.50. The molecule has 1 rings (SSSR count). The van der Waals surface area contributed by atoms with Gasteiger partial charge in [-0.05, 0) is 0 Å². The molecule has 0 aromatic heterocycles. The van der Waals surface area contributed by atoms with Gasteiger partial charge in [-0.25, -0.2) is 4.79 Å². The third kappa shape index (κ3) is 2.73. The van der Waals surface area contributed by atoms with Gasteiger partial charge >= 0.3 is 5.97 Å². The smallest absolute Gasteiger partial charge is 0.353 e. The Balaban J connectivity index is 2.29. The Hall–Kier alpha value is -1.59. The number of nitrogens with zero attached hydrogens (tertiary/aromatic N) is 1. The number of rotatable bonds is 3. The van der Waals surface area contributed by atoms with Gasteiger partial charge < -0.3 is 15.3 Å². The van der Waals surface area contributed by atoms with Gasteiger partial charge in [0, 0.05) is 13.3 Å². The molecule has 1 aliphatic heterocycles. The molecule has 1 unspecified atom stereocenters. The second kappa shape index (κ2) is 3.88. The highest BCUT2D eigenvalue weighted by Crippen LogP contribution is 2.09. The van der Waals surface area contributed by atoms with E-state index in [-0.39, 0.29) is 30.7 Å². The predicted molar refractivity (Wildman–Crippen MR) is 43.2 cm³/mol. The van der Waals surface area contributed by atoms with E-state index in [4.69, 9.17) is 9.94 Å². The van der Waals surface area contributed by atoms with E-state index in [2.05, 4.69) is 10.5 Å². The van der Waals surface area contributed by atoms with Gasteiger partial charge in [0.25, 0.3) is 0 Å². The highest BCUT2D eigenvalue weighted by molar-refractivity contribution is 6.35. The van der Waals surface area contributed by atoms with Crippen LogP contribution in [0, 0.1) is 0 Å². The van der Waals surface area contributed by atoms with Gasteiger partial charge in [-0.2, -0.15) is 0 Å². The Bertz CT molecular complexity index is 261. The molecule has 0 saturated heterocycles. The summed E-state index contributed by atoms with van der Waals surface area (Å²) < 4.78 is 0. The maximum absolute atomic E-state index is 10.5. The minimum absolute atomic E-state index is 0.00430. The van der Waals surface area contributed by atoms with Crippen LogP contribution in [0.4, 0.5) is 0 Å². The fraction of sp³-hybridized carbons (Fsp3) is 0.571. The zero-order chi connectivity index (χ0) is 9.84. The van der Waals surface area contributed by atoms with Gasteiger partial charge in [-0.15, -0.1) is 0 Å². The summed E-state index contributed by atoms with van der Waals surface area (Å²) >= 11 is 0. The van der Waals surface area contributed by atoms with E-state index in [1.807, 2.05) is 0 Å². The molecule has 1 heterocycles. The minimum atomic E-state index is -1.08. The van der Waals surface area contributed by atoms with Gasteiger partial charge in [-0.1, -0.05) is 5.16 Å². The lowest BCUT2D eigenvalue weighted by Gasteiger charge is -2.06. The zero-order valence-electron chi connectivity index (χ0n) is 7.11. The number of carboxylic acids is 1. The molecule has 1 amide bonds. The van der Waals surface area contributed by atoms with Crippen LogP contribution in [0.1, 0.15) is 13.3 Å². The van der Waals surface area contributed by atoms with Crippen LogP contribution in [-0.2, 0) is 14.4 Å². The first-order valence-corrected chi connectivity index (χ1v) is 3.80. The lowest BCUT2D eigenvalue weighted by atomic mass is 10.2. The molecule has 0 aromatic carbocycles. The Labute approximate surface area is 74.6 Å². The maximum Gasteiger partial charge on any atom is 0.353 e. The lowest BCUT2D eigenvalue weighted by Crippen LogP contribution is -2.30. The fourth-order valence-electron chi connectivity index (χ4n) is 0.922. The van der Waals surface area contributed by atoms with Crippen molar-refractivity contribution in [2.45, 2.75) is 19.4 Å². The standard InChI is InChI=1S/C7H10N2O4/c1-4(10)8-3-5-2-6(7(11)12)9-13-5/h5H,2-3H2,1H3,(H,8,10)(H,11,12). The SMILES string of the molecule is CC(=O)NCC1CC(C(=O)O)=NO1. The molecule has 1 aliphatic rings. The second-order valence-corrected chi connectivity index (χ2v) is 2.71. The zero-order valence-corrected chi connectivity index (χ0v) is 7.11. The van der Waals surface area contributed by atoms with Gasteiger partial charge in [-0.3, -0.25) is 4.79 Å². The summed E-state index contributed by atoms with van der Waals surface area (Å²) in [7, 11) is 0. The molecule has 0 spiro atoms. The van der Waals surface area contributed by atoms with Gasteiger partial charge in [0.15, 0.2) is 11.8 Å². The average molecular weight is 186 g/mol. The summed E-state index contributed by atoms with van der Waals surface area (Å²) in [6.45, 7) is 1.67. The largest absolute Gasteiger partial charge is 0.477 e. The Morgan fingerprint density at radius 2 is 2.46 bits per heavy atom. The van der Waals surface area contributed by atoms with Crippen molar-refractivity contribution in [2.24, 2.45) is 5.16 Å². The van der Waals surface area contributed by atoms with Crippen LogP contribution in [0.15, 0.2) is 5.16 Å². The summed E-state index contributed by atoms with van der Waals surface area (Å²) in [6, 6.07) is 0. The maximum atomic E-state index is 10.5. The number of carboxylic acid groups (broad SMARTS) is 1. The molecule has 13 heavy (non-hydrogen) atoms. The number of hydrogen-bond acceptors (Lipinski definition) is 4. The molecule has 0 fully saturated rings. The first-order valence-electron chi connectivity index (χ1n) is 3.80. The Morgan fingerprint density at radius 3 is 2.92 bits per heavy atom. The summed E-state index contributed by atoms with van der Waals surface area (Å²) in [5, 5.41) is 14.4. The van der Waals surface area contributed by atoms with E-state index in [1.54, 1.807) is 0 Å². The van der Waals surface area contributed by atoms with Crippen molar-refractivity contribution in [1.29, 1.82) is 0 Å². The molecule has 1 atom stereocenters. The monoisotopic (exact) mass is 186 g/mol. The van der Waals surface area contributed by atoms with Crippen molar-refractivity contribution in [3.63, 3.8) is 0 Å². The number of aliphatic carboxylic acids is 1. The van der Waals surface area contributed by atoms with Crippen LogP contribution < -0.4 is 5.32 Å². The molecule has 2 N–H and O–H groups in total. The number of oxime groups is 1. The van der Waals surface area contributed by atoms with Gasteiger partial charge in [0.2, 0.25) is 5.91 Å². The molecule has 6 nitrogen and oxygen atoms in total. The van der Waals surface area contributed by atoms with E-state index in [9.17, 15) is 9.59 Å². The van der Waals surface area contributed by atoms with Crippen molar-refractivity contribution < 1.29 is 19.5 Å². The fourth-order valence-corrected chi connectivity index (χ4v) is 0.922. The Morgan fingerprint density at radius 1 is 1.77 bits per heavy atom. The molecular weight excluding hydrogens is 176 g/mol. The van der Waals surface area contributed by atoms with Crippen molar-refractivity contribution in [2.75, 3.05) is 6.54 Å². The van der Waals surface area contributed by atoms with Crippen molar-refractivity contribution in [3.8, 4) is 0 Å². The summed E-state index contributed by atoms with van der Waals surface area (Å²) in [4.78, 5) is 25.7. The van der Waals surface area contributed by atoms with Crippen LogP contribution >= 0.6 is 0 Å². The molecule has 6 heteroatoms. The van der Waals surface area contributed by atoms with E-state index in [1.165, 1.54) is 6.92 Å². The van der Waals surface area contributed by atoms with Gasteiger partial charge in [0.05, 0.1) is 6.54 Å². The predicted octanol–water partition coefficient (Wildman–Crippen LogP) is -0.648. The molecule has 0 saturated carbocycles. The Kier molecular flexibility index (Phi) is 2.84. The average Bonchev–Trinajstić information content (AvgIpc) is 2.48. The second-order valence-electron chi connectivity index (χ2n) is 2.71. The quantitative estimate of drug-likeness (QED) is 0.613. The molecule has 0 radical (unpaired) electrons. The van der Waals surface area contributed by atoms with Crippen molar-refractivity contribution >= 4 is 17.6 Å². The third-order valence-electron chi connectivity index (χ3n) is 1.56. The van der Waals surface area contributed by atoms with Crippen LogP contribution in [0.5, 0.6) is 0 Å². The number of carbonyl (C=O) groups is 2. The van der Waals surface area contributed by atoms with Crippen molar-refractivity contribution in [1.82, 2.24) is 5.32 Å². The molecule has 0 aliphatic carbocycles. The number of nitrogens with one attached hydrogen (secondary N) is 1. The number of carbonyl (C=O) groups excluding carboxylic acids is 1. The normalized spacial score (nSPS) is 20.4. The lowest BCUT2D eigenvalue weighted by molar-refractivity contribution is -0.129. The van der Waals surface area contributed by atoms with Crippen LogP contribution in [0.3, 0.4) is 0 Å². The summed E-state index contributed by atoms with van der Waals surface area (Å²) in [5.41, 5.74) is -0.00430. The molecule has 0 bridgehead atoms. The van der Waals surface area contributed by atoms with E-state index >= 15 is 0 Å². The third-order valence-corrected chi connectivity index (χ3v) is 1.56. The van der Waals surface area contributed by atoms with Crippen LogP contribution in [0.25, 0.3) is 0 Å². The molecular formula is C7H10N2O4. The molecule has 0 aromatic rings. The number of hydrogen-bond donors (Lipinski definition) is 2. The summed E-state index contributed by atoms with van der Waals surface area (Å²) in [5.74, 6) is -1.25. The highest BCUT2D eigenvalue weighted by atomic mass is 16.6. The minimum Gasteiger partial charge on any atom is -0.477 e. The van der Waals surface area contributed by atoms with Crippen molar-refractivity contribution in [3.05, 3.63) is 0 Å². The van der Waals surface area contributed by atoms with E-state index in [0.717, 1.165) is 0 Å². The van der Waals surface area contributed by atoms with E-state index in [0.29, 0.717) is 0 Å². The molecule has 72 valence electrons. The summed E-state index contributed by atoms with van der Waals surface area (Å²) in [6.07, 6.45) is -0.120. The van der Waals surface area contributed by atoms with Gasteiger partial charge in [0.1, 0.15) is 0 Å². The van der Waals surface area contributed by atoms with E-state index < -0.39 is 5.97 Å². The van der Waals surface area contributed by atoms with Crippen LogP contribution in [0.2, 0.25) is 0 Å². The number of amides is 1. The highest BCUT2D eigenvalue weighted by Gasteiger charge is 2.25. The first-order chi connectivity index (χ1) is 6.09. The topological polar surface area (TPSA) is 88.0 Å². The van der Waals surface area contributed by atoms with Crippen LogP contribution in [-0.4, -0.2) is 35.3 Å².